The van der Waals surface area contributed by atoms with Crippen molar-refractivity contribution < 1.29 is 9.50 Å². The molecule has 1 unspecified atom stereocenters. The Bertz CT molecular complexity index is 1080. The molecule has 1 aliphatic heterocycles. The number of aromatic nitrogens is 2. The van der Waals surface area contributed by atoms with Crippen molar-refractivity contribution in [3.05, 3.63) is 93.4 Å². The van der Waals surface area contributed by atoms with E-state index in [9.17, 15) is 14.3 Å². The van der Waals surface area contributed by atoms with Crippen molar-refractivity contribution in [3.63, 3.8) is 0 Å². The van der Waals surface area contributed by atoms with E-state index in [2.05, 4.69) is 9.88 Å². The van der Waals surface area contributed by atoms with Crippen LogP contribution in [0, 0.1) is 12.7 Å². The van der Waals surface area contributed by atoms with Crippen molar-refractivity contribution >= 4 is 0 Å². The van der Waals surface area contributed by atoms with E-state index in [-0.39, 0.29) is 17.1 Å². The molecule has 30 heavy (non-hydrogen) atoms. The standard InChI is InChI=1S/C24H26FN3O2/c1-17-14-21(29)22(24(30)28(17)16-20-10-3-4-11-26-20)23(27-12-5-2-6-13-27)18-8-7-9-19(25)15-18/h3-4,7-11,14-15,23,29H,2,5-6,12-13,16H2,1H3. The highest BCUT2D eigenvalue weighted by Gasteiger charge is 2.30. The normalized spacial score (nSPS) is 15.8. The maximum atomic E-state index is 14.1. The van der Waals surface area contributed by atoms with Crippen LogP contribution in [0.1, 0.15) is 47.8 Å². The molecule has 0 bridgehead atoms. The van der Waals surface area contributed by atoms with Gasteiger partial charge in [0.1, 0.15) is 11.6 Å². The molecule has 1 fully saturated rings. The van der Waals surface area contributed by atoms with Crippen LogP contribution in [0.2, 0.25) is 0 Å². The van der Waals surface area contributed by atoms with Crippen LogP contribution in [-0.2, 0) is 6.54 Å². The number of piperidine rings is 1. The topological polar surface area (TPSA) is 58.4 Å². The lowest BCUT2D eigenvalue weighted by atomic mass is 9.94. The molecule has 1 aliphatic rings. The first-order valence-electron chi connectivity index (χ1n) is 10.4. The number of halogens is 1. The predicted octanol–water partition coefficient (Wildman–Crippen LogP) is 4.02. The van der Waals surface area contributed by atoms with E-state index in [0.717, 1.165) is 38.0 Å². The minimum Gasteiger partial charge on any atom is -0.507 e. The Hall–Kier alpha value is -2.99. The van der Waals surface area contributed by atoms with Crippen LogP contribution in [0.3, 0.4) is 0 Å². The first-order valence-corrected chi connectivity index (χ1v) is 10.4. The van der Waals surface area contributed by atoms with Crippen LogP contribution in [-0.4, -0.2) is 32.6 Å². The second-order valence-electron chi connectivity index (χ2n) is 7.85. The van der Waals surface area contributed by atoms with Crippen LogP contribution >= 0.6 is 0 Å². The molecule has 1 atom stereocenters. The molecule has 5 nitrogen and oxygen atoms in total. The number of hydrogen-bond acceptors (Lipinski definition) is 4. The highest BCUT2D eigenvalue weighted by Crippen LogP contribution is 2.34. The van der Waals surface area contributed by atoms with Gasteiger partial charge in [0.2, 0.25) is 0 Å². The van der Waals surface area contributed by atoms with Gasteiger partial charge >= 0.3 is 0 Å². The lowest BCUT2D eigenvalue weighted by Gasteiger charge is -2.35. The van der Waals surface area contributed by atoms with Gasteiger partial charge in [-0.25, -0.2) is 4.39 Å². The number of pyridine rings is 2. The Morgan fingerprint density at radius 2 is 1.90 bits per heavy atom. The molecule has 3 aromatic rings. The molecule has 0 amide bonds. The third-order valence-corrected chi connectivity index (χ3v) is 5.76. The van der Waals surface area contributed by atoms with Crippen molar-refractivity contribution in [1.29, 1.82) is 0 Å². The fourth-order valence-electron chi connectivity index (χ4n) is 4.29. The molecular formula is C24H26FN3O2. The molecule has 156 valence electrons. The molecule has 3 heterocycles. The van der Waals surface area contributed by atoms with Crippen LogP contribution in [0.5, 0.6) is 5.75 Å². The van der Waals surface area contributed by atoms with Crippen LogP contribution in [0.15, 0.2) is 59.5 Å². The zero-order valence-corrected chi connectivity index (χ0v) is 17.1. The highest BCUT2D eigenvalue weighted by molar-refractivity contribution is 5.41. The summed E-state index contributed by atoms with van der Waals surface area (Å²) in [6.45, 7) is 3.71. The number of benzene rings is 1. The lowest BCUT2D eigenvalue weighted by Crippen LogP contribution is -2.39. The van der Waals surface area contributed by atoms with E-state index in [4.69, 9.17) is 0 Å². The van der Waals surface area contributed by atoms with Gasteiger partial charge in [-0.1, -0.05) is 24.6 Å². The van der Waals surface area contributed by atoms with E-state index < -0.39 is 6.04 Å². The summed E-state index contributed by atoms with van der Waals surface area (Å²) >= 11 is 0. The Labute approximate surface area is 175 Å². The molecular weight excluding hydrogens is 381 g/mol. The summed E-state index contributed by atoms with van der Waals surface area (Å²) in [5.41, 5.74) is 2.13. The number of aromatic hydroxyl groups is 1. The third-order valence-electron chi connectivity index (χ3n) is 5.76. The summed E-state index contributed by atoms with van der Waals surface area (Å²) < 4.78 is 15.7. The molecule has 1 saturated heterocycles. The summed E-state index contributed by atoms with van der Waals surface area (Å²) in [4.78, 5) is 20.1. The largest absolute Gasteiger partial charge is 0.507 e. The Kier molecular flexibility index (Phi) is 5.95. The highest BCUT2D eigenvalue weighted by atomic mass is 19.1. The SMILES string of the molecule is Cc1cc(O)c(C(c2cccc(F)c2)N2CCCCC2)c(=O)n1Cc1ccccn1. The Morgan fingerprint density at radius 3 is 2.60 bits per heavy atom. The average molecular weight is 407 g/mol. The van der Waals surface area contributed by atoms with E-state index in [1.807, 2.05) is 24.3 Å². The fraction of sp³-hybridized carbons (Fsp3) is 0.333. The van der Waals surface area contributed by atoms with E-state index in [1.165, 1.54) is 12.1 Å². The molecule has 2 aromatic heterocycles. The predicted molar refractivity (Wildman–Crippen MR) is 114 cm³/mol. The van der Waals surface area contributed by atoms with Gasteiger partial charge in [0, 0.05) is 11.9 Å². The Morgan fingerprint density at radius 1 is 1.10 bits per heavy atom. The maximum Gasteiger partial charge on any atom is 0.260 e. The van der Waals surface area contributed by atoms with Gasteiger partial charge in [0.25, 0.3) is 5.56 Å². The second-order valence-corrected chi connectivity index (χ2v) is 7.85. The zero-order chi connectivity index (χ0) is 21.1. The molecule has 0 saturated carbocycles. The number of likely N-dealkylation sites (tertiary alicyclic amines) is 1. The van der Waals surface area contributed by atoms with Crippen LogP contribution in [0.25, 0.3) is 0 Å². The minimum absolute atomic E-state index is 0.0467. The Balaban J connectivity index is 1.85. The van der Waals surface area contributed by atoms with Gasteiger partial charge in [0.05, 0.1) is 23.8 Å². The third kappa shape index (κ3) is 4.14. The van der Waals surface area contributed by atoms with Crippen LogP contribution in [0.4, 0.5) is 4.39 Å². The minimum atomic E-state index is -0.496. The van der Waals surface area contributed by atoms with Gasteiger partial charge in [-0.15, -0.1) is 0 Å². The zero-order valence-electron chi connectivity index (χ0n) is 17.1. The molecule has 1 N–H and O–H groups in total. The molecule has 4 rings (SSSR count). The second kappa shape index (κ2) is 8.79. The van der Waals surface area contributed by atoms with Gasteiger partial charge in [-0.05, 0) is 68.8 Å². The van der Waals surface area contributed by atoms with Gasteiger partial charge in [-0.3, -0.25) is 14.7 Å². The fourth-order valence-corrected chi connectivity index (χ4v) is 4.29. The first kappa shape index (κ1) is 20.3. The van der Waals surface area contributed by atoms with E-state index >= 15 is 0 Å². The molecule has 6 heteroatoms. The van der Waals surface area contributed by atoms with Gasteiger partial charge in [0.15, 0.2) is 0 Å². The van der Waals surface area contributed by atoms with Crippen molar-refractivity contribution in [3.8, 4) is 5.75 Å². The summed E-state index contributed by atoms with van der Waals surface area (Å²) in [7, 11) is 0. The first-order chi connectivity index (χ1) is 14.5. The van der Waals surface area contributed by atoms with E-state index in [0.29, 0.717) is 23.4 Å². The molecule has 0 radical (unpaired) electrons. The van der Waals surface area contributed by atoms with Crippen molar-refractivity contribution in [2.24, 2.45) is 0 Å². The smallest absolute Gasteiger partial charge is 0.260 e. The summed E-state index contributed by atoms with van der Waals surface area (Å²) in [6.07, 6.45) is 4.86. The van der Waals surface area contributed by atoms with Crippen molar-refractivity contribution in [2.45, 2.75) is 38.8 Å². The molecule has 0 aliphatic carbocycles. The number of aryl methyl sites for hydroxylation is 1. The van der Waals surface area contributed by atoms with Gasteiger partial charge < -0.3 is 9.67 Å². The maximum absolute atomic E-state index is 14.1. The monoisotopic (exact) mass is 407 g/mol. The molecule has 0 spiro atoms. The van der Waals surface area contributed by atoms with Crippen LogP contribution < -0.4 is 5.56 Å². The number of rotatable bonds is 5. The number of nitrogens with zero attached hydrogens (tertiary/aromatic N) is 3. The average Bonchev–Trinajstić information content (AvgIpc) is 2.75. The van der Waals surface area contributed by atoms with Crippen molar-refractivity contribution in [1.82, 2.24) is 14.5 Å². The van der Waals surface area contributed by atoms with Crippen molar-refractivity contribution in [2.75, 3.05) is 13.1 Å². The number of hydrogen-bond donors (Lipinski definition) is 1. The summed E-state index contributed by atoms with van der Waals surface area (Å²) in [5, 5.41) is 10.8. The molecule has 1 aromatic carbocycles. The summed E-state index contributed by atoms with van der Waals surface area (Å²) in [6, 6.07) is 13.0. The summed E-state index contributed by atoms with van der Waals surface area (Å²) in [5.74, 6) is -0.399. The van der Waals surface area contributed by atoms with Gasteiger partial charge in [-0.2, -0.15) is 0 Å². The quantitative estimate of drug-likeness (QED) is 0.694. The lowest BCUT2D eigenvalue weighted by molar-refractivity contribution is 0.183. The van der Waals surface area contributed by atoms with E-state index in [1.54, 1.807) is 29.8 Å².